The summed E-state index contributed by atoms with van der Waals surface area (Å²) in [5.41, 5.74) is 5.45. The SMILES string of the molecule is Cc1c(C)n(Cc2ccccc2)c2ccc(C(=O)Nc3ccn(C)n3)cc12. The molecule has 2 heterocycles. The van der Waals surface area contributed by atoms with Gasteiger partial charge in [0.15, 0.2) is 5.82 Å². The molecule has 0 aliphatic rings. The van der Waals surface area contributed by atoms with Gasteiger partial charge in [0.1, 0.15) is 0 Å². The molecule has 0 saturated carbocycles. The highest BCUT2D eigenvalue weighted by Crippen LogP contribution is 2.27. The average Bonchev–Trinajstić information content (AvgIpc) is 3.19. The number of hydrogen-bond acceptors (Lipinski definition) is 2. The van der Waals surface area contributed by atoms with Gasteiger partial charge < -0.3 is 9.88 Å². The van der Waals surface area contributed by atoms with Gasteiger partial charge in [-0.25, -0.2) is 0 Å². The Morgan fingerprint density at radius 3 is 2.56 bits per heavy atom. The number of nitrogens with zero attached hydrogens (tertiary/aromatic N) is 3. The zero-order valence-electron chi connectivity index (χ0n) is 15.7. The number of nitrogens with one attached hydrogen (secondary N) is 1. The van der Waals surface area contributed by atoms with E-state index < -0.39 is 0 Å². The molecular weight excluding hydrogens is 336 g/mol. The van der Waals surface area contributed by atoms with E-state index in [1.807, 2.05) is 31.3 Å². The number of carbonyl (C=O) groups excluding carboxylic acids is 1. The molecule has 0 radical (unpaired) electrons. The van der Waals surface area contributed by atoms with Crippen LogP contribution in [0, 0.1) is 13.8 Å². The van der Waals surface area contributed by atoms with Crippen LogP contribution in [-0.2, 0) is 13.6 Å². The van der Waals surface area contributed by atoms with Crippen molar-refractivity contribution in [3.05, 3.63) is 83.2 Å². The Labute approximate surface area is 158 Å². The average molecular weight is 358 g/mol. The quantitative estimate of drug-likeness (QED) is 0.592. The van der Waals surface area contributed by atoms with Gasteiger partial charge in [-0.1, -0.05) is 30.3 Å². The minimum atomic E-state index is -0.150. The van der Waals surface area contributed by atoms with Crippen molar-refractivity contribution in [3.8, 4) is 0 Å². The maximum absolute atomic E-state index is 12.6. The fraction of sp³-hybridized carbons (Fsp3) is 0.182. The van der Waals surface area contributed by atoms with E-state index in [2.05, 4.69) is 53.1 Å². The van der Waals surface area contributed by atoms with Gasteiger partial charge in [-0.05, 0) is 43.2 Å². The number of aromatic nitrogens is 3. The van der Waals surface area contributed by atoms with Crippen LogP contribution in [0.3, 0.4) is 0 Å². The predicted molar refractivity (Wildman–Crippen MR) is 108 cm³/mol. The summed E-state index contributed by atoms with van der Waals surface area (Å²) in [5, 5.41) is 8.16. The number of amides is 1. The highest BCUT2D eigenvalue weighted by Gasteiger charge is 2.15. The Balaban J connectivity index is 1.68. The van der Waals surface area contributed by atoms with Crippen molar-refractivity contribution in [2.75, 3.05) is 5.32 Å². The molecule has 1 amide bonds. The van der Waals surface area contributed by atoms with E-state index in [1.165, 1.54) is 16.8 Å². The number of aryl methyl sites for hydroxylation is 2. The molecule has 0 aliphatic heterocycles. The molecule has 4 rings (SSSR count). The molecule has 0 spiro atoms. The van der Waals surface area contributed by atoms with Crippen LogP contribution in [0.5, 0.6) is 0 Å². The standard InChI is InChI=1S/C22H22N4O/c1-15-16(2)26(14-17-7-5-4-6-8-17)20-10-9-18(13-19(15)20)22(27)23-21-11-12-25(3)24-21/h4-13H,14H2,1-3H3,(H,23,24,27). The molecule has 1 N–H and O–H groups in total. The van der Waals surface area contributed by atoms with Crippen LogP contribution in [0.25, 0.3) is 10.9 Å². The van der Waals surface area contributed by atoms with Crippen LogP contribution in [0.15, 0.2) is 60.8 Å². The molecule has 0 unspecified atom stereocenters. The summed E-state index contributed by atoms with van der Waals surface area (Å²) in [4.78, 5) is 12.6. The van der Waals surface area contributed by atoms with E-state index in [1.54, 1.807) is 16.9 Å². The van der Waals surface area contributed by atoms with Crippen LogP contribution < -0.4 is 5.32 Å². The molecule has 4 aromatic rings. The molecule has 0 saturated heterocycles. The molecule has 2 aromatic heterocycles. The summed E-state index contributed by atoms with van der Waals surface area (Å²) in [6.07, 6.45) is 1.80. The van der Waals surface area contributed by atoms with E-state index in [4.69, 9.17) is 0 Å². The van der Waals surface area contributed by atoms with Crippen molar-refractivity contribution < 1.29 is 4.79 Å². The molecule has 136 valence electrons. The highest BCUT2D eigenvalue weighted by molar-refractivity contribution is 6.06. The monoisotopic (exact) mass is 358 g/mol. The summed E-state index contributed by atoms with van der Waals surface area (Å²) < 4.78 is 3.97. The third-order valence-corrected chi connectivity index (χ3v) is 5.04. The molecule has 2 aromatic carbocycles. The van der Waals surface area contributed by atoms with Crippen molar-refractivity contribution >= 4 is 22.6 Å². The largest absolute Gasteiger partial charge is 0.340 e. The topological polar surface area (TPSA) is 51.9 Å². The van der Waals surface area contributed by atoms with Crippen LogP contribution >= 0.6 is 0 Å². The lowest BCUT2D eigenvalue weighted by Gasteiger charge is -2.09. The van der Waals surface area contributed by atoms with E-state index in [0.29, 0.717) is 11.4 Å². The third kappa shape index (κ3) is 3.24. The van der Waals surface area contributed by atoms with E-state index >= 15 is 0 Å². The molecule has 0 bridgehead atoms. The minimum Gasteiger partial charge on any atom is -0.340 e. The van der Waals surface area contributed by atoms with Gasteiger partial charge in [0.2, 0.25) is 0 Å². The van der Waals surface area contributed by atoms with Crippen LogP contribution in [0.1, 0.15) is 27.2 Å². The molecule has 0 atom stereocenters. The highest BCUT2D eigenvalue weighted by atomic mass is 16.1. The first-order valence-corrected chi connectivity index (χ1v) is 8.97. The van der Waals surface area contributed by atoms with Crippen molar-refractivity contribution in [3.63, 3.8) is 0 Å². The number of anilines is 1. The first-order chi connectivity index (χ1) is 13.0. The zero-order valence-corrected chi connectivity index (χ0v) is 15.7. The van der Waals surface area contributed by atoms with Gasteiger partial charge in [-0.2, -0.15) is 5.10 Å². The predicted octanol–water partition coefficient (Wildman–Crippen LogP) is 4.29. The van der Waals surface area contributed by atoms with Crippen LogP contribution in [0.2, 0.25) is 0 Å². The number of rotatable bonds is 4. The minimum absolute atomic E-state index is 0.150. The second-order valence-electron chi connectivity index (χ2n) is 6.84. The van der Waals surface area contributed by atoms with Crippen LogP contribution in [0.4, 0.5) is 5.82 Å². The van der Waals surface area contributed by atoms with Gasteiger partial charge in [0.05, 0.1) is 0 Å². The molecule has 0 fully saturated rings. The molecule has 0 aliphatic carbocycles. The smallest absolute Gasteiger partial charge is 0.256 e. The van der Waals surface area contributed by atoms with Crippen LogP contribution in [-0.4, -0.2) is 20.3 Å². The fourth-order valence-corrected chi connectivity index (χ4v) is 3.43. The van der Waals surface area contributed by atoms with Crippen molar-refractivity contribution in [2.24, 2.45) is 7.05 Å². The van der Waals surface area contributed by atoms with Crippen molar-refractivity contribution in [1.29, 1.82) is 0 Å². The Morgan fingerprint density at radius 2 is 1.85 bits per heavy atom. The summed E-state index contributed by atoms with van der Waals surface area (Å²) in [6.45, 7) is 5.06. The number of carbonyl (C=O) groups is 1. The first-order valence-electron chi connectivity index (χ1n) is 8.97. The van der Waals surface area contributed by atoms with Gasteiger partial charge in [-0.3, -0.25) is 9.48 Å². The lowest BCUT2D eigenvalue weighted by Crippen LogP contribution is -2.12. The van der Waals surface area contributed by atoms with Gasteiger partial charge in [-0.15, -0.1) is 0 Å². The molecular formula is C22H22N4O. The Bertz CT molecular complexity index is 1120. The normalized spacial score (nSPS) is 11.1. The van der Waals surface area contributed by atoms with E-state index in [9.17, 15) is 4.79 Å². The second kappa shape index (κ2) is 6.76. The molecule has 5 heteroatoms. The molecule has 27 heavy (non-hydrogen) atoms. The maximum Gasteiger partial charge on any atom is 0.256 e. The summed E-state index contributed by atoms with van der Waals surface area (Å²) in [7, 11) is 1.82. The Kier molecular flexibility index (Phi) is 4.28. The Morgan fingerprint density at radius 1 is 1.07 bits per heavy atom. The number of fused-ring (bicyclic) bond motifs is 1. The summed E-state index contributed by atoms with van der Waals surface area (Å²) >= 11 is 0. The number of hydrogen-bond donors (Lipinski definition) is 1. The number of benzene rings is 2. The summed E-state index contributed by atoms with van der Waals surface area (Å²) in [6, 6.07) is 18.1. The van der Waals surface area contributed by atoms with Crippen molar-refractivity contribution in [2.45, 2.75) is 20.4 Å². The van der Waals surface area contributed by atoms with Crippen molar-refractivity contribution in [1.82, 2.24) is 14.3 Å². The van der Waals surface area contributed by atoms with E-state index in [0.717, 1.165) is 17.4 Å². The first kappa shape index (κ1) is 17.1. The Hall–Kier alpha value is -3.34. The fourth-order valence-electron chi connectivity index (χ4n) is 3.43. The maximum atomic E-state index is 12.6. The lowest BCUT2D eigenvalue weighted by atomic mass is 10.1. The van der Waals surface area contributed by atoms with E-state index in [-0.39, 0.29) is 5.91 Å². The molecule has 5 nitrogen and oxygen atoms in total. The van der Waals surface area contributed by atoms with Gasteiger partial charge in [0, 0.05) is 48.0 Å². The van der Waals surface area contributed by atoms with Gasteiger partial charge >= 0.3 is 0 Å². The second-order valence-corrected chi connectivity index (χ2v) is 6.84. The third-order valence-electron chi connectivity index (χ3n) is 5.04. The lowest BCUT2D eigenvalue weighted by molar-refractivity contribution is 0.102. The van der Waals surface area contributed by atoms with Gasteiger partial charge in [0.25, 0.3) is 5.91 Å². The summed E-state index contributed by atoms with van der Waals surface area (Å²) in [5.74, 6) is 0.403. The zero-order chi connectivity index (χ0) is 19.0.